The molecule has 1 aromatic carbocycles. The average Bonchev–Trinajstić information content (AvgIpc) is 2.86. The summed E-state index contributed by atoms with van der Waals surface area (Å²) < 4.78 is 0. The van der Waals surface area contributed by atoms with Gasteiger partial charge in [0, 0.05) is 0 Å². The molecule has 0 radical (unpaired) electrons. The van der Waals surface area contributed by atoms with Crippen molar-refractivity contribution in [2.45, 2.75) is 19.4 Å². The van der Waals surface area contributed by atoms with Crippen molar-refractivity contribution in [2.24, 2.45) is 5.84 Å². The summed E-state index contributed by atoms with van der Waals surface area (Å²) >= 11 is 0. The lowest BCUT2D eigenvalue weighted by atomic mass is 10.1. The van der Waals surface area contributed by atoms with Crippen molar-refractivity contribution >= 4 is 0 Å². The molecule has 5 nitrogen and oxygen atoms in total. The molecular weight excluding hydrogens is 226 g/mol. The highest BCUT2D eigenvalue weighted by atomic mass is 15.5. The molecule has 0 saturated heterocycles. The lowest BCUT2D eigenvalue weighted by molar-refractivity contribution is 0.531. The van der Waals surface area contributed by atoms with Crippen LogP contribution in [0.2, 0.25) is 0 Å². The molecule has 1 aromatic heterocycles. The molecule has 1 atom stereocenters. The highest BCUT2D eigenvalue weighted by molar-refractivity contribution is 5.28. The molecule has 0 bridgehead atoms. The van der Waals surface area contributed by atoms with Crippen molar-refractivity contribution in [1.29, 1.82) is 0 Å². The second-order valence-electron chi connectivity index (χ2n) is 4.27. The normalized spacial score (nSPS) is 12.3. The largest absolute Gasteiger partial charge is 0.271 e. The summed E-state index contributed by atoms with van der Waals surface area (Å²) in [7, 11) is 0. The second-order valence-corrected chi connectivity index (χ2v) is 4.27. The van der Waals surface area contributed by atoms with Crippen molar-refractivity contribution in [3.8, 4) is 5.69 Å². The summed E-state index contributed by atoms with van der Waals surface area (Å²) in [6.07, 6.45) is 2.46. The first-order valence-electron chi connectivity index (χ1n) is 5.79. The summed E-state index contributed by atoms with van der Waals surface area (Å²) in [6, 6.07) is 9.70. The van der Waals surface area contributed by atoms with E-state index in [-0.39, 0.29) is 6.04 Å². The molecule has 0 fully saturated rings. The van der Waals surface area contributed by atoms with Crippen molar-refractivity contribution in [3.63, 3.8) is 0 Å². The van der Waals surface area contributed by atoms with Gasteiger partial charge in [0.1, 0.15) is 5.69 Å². The van der Waals surface area contributed by atoms with Gasteiger partial charge in [-0.2, -0.15) is 15.0 Å². The number of nitrogens with one attached hydrogen (secondary N) is 1. The number of nitrogens with zero attached hydrogens (tertiary/aromatic N) is 3. The molecule has 18 heavy (non-hydrogen) atoms. The zero-order valence-electron chi connectivity index (χ0n) is 10.4. The molecule has 94 valence electrons. The Bertz CT molecular complexity index is 517. The monoisotopic (exact) mass is 243 g/mol. The van der Waals surface area contributed by atoms with Crippen molar-refractivity contribution in [1.82, 2.24) is 20.4 Å². The molecule has 0 aliphatic heterocycles. The molecule has 0 saturated carbocycles. The summed E-state index contributed by atoms with van der Waals surface area (Å²) in [5.74, 6) is 5.53. The molecule has 3 N–H and O–H groups in total. The lowest BCUT2D eigenvalue weighted by Gasteiger charge is -2.12. The van der Waals surface area contributed by atoms with Crippen LogP contribution in [0.3, 0.4) is 0 Å². The fourth-order valence-corrected chi connectivity index (χ4v) is 1.72. The number of nitrogens with two attached hydrogens (primary N) is 1. The van der Waals surface area contributed by atoms with Crippen LogP contribution in [0, 0.1) is 0 Å². The van der Waals surface area contributed by atoms with E-state index in [4.69, 9.17) is 5.84 Å². The molecule has 0 aliphatic carbocycles. The third kappa shape index (κ3) is 2.82. The number of para-hydroxylation sites is 1. The quantitative estimate of drug-likeness (QED) is 0.477. The van der Waals surface area contributed by atoms with E-state index in [0.717, 1.165) is 23.4 Å². The van der Waals surface area contributed by atoms with Crippen LogP contribution in [-0.4, -0.2) is 15.0 Å². The number of rotatable bonds is 5. The zero-order valence-corrected chi connectivity index (χ0v) is 10.4. The first-order valence-corrected chi connectivity index (χ1v) is 5.79. The number of hydrogen-bond acceptors (Lipinski definition) is 4. The smallest absolute Gasteiger partial charge is 0.102 e. The molecule has 0 spiro atoms. The summed E-state index contributed by atoms with van der Waals surface area (Å²) in [6.45, 7) is 5.85. The van der Waals surface area contributed by atoms with Crippen molar-refractivity contribution < 1.29 is 0 Å². The maximum absolute atomic E-state index is 5.53. The van der Waals surface area contributed by atoms with Crippen LogP contribution in [0.25, 0.3) is 5.69 Å². The average molecular weight is 243 g/mol. The number of benzene rings is 1. The molecule has 2 rings (SSSR count). The van der Waals surface area contributed by atoms with Gasteiger partial charge < -0.3 is 0 Å². The summed E-state index contributed by atoms with van der Waals surface area (Å²) in [4.78, 5) is 1.60. The molecule has 2 aromatic rings. The van der Waals surface area contributed by atoms with Crippen LogP contribution in [0.4, 0.5) is 0 Å². The molecule has 1 heterocycles. The van der Waals surface area contributed by atoms with Crippen molar-refractivity contribution in [2.75, 3.05) is 0 Å². The number of hydrogen-bond donors (Lipinski definition) is 2. The topological polar surface area (TPSA) is 68.8 Å². The van der Waals surface area contributed by atoms with E-state index in [2.05, 4.69) is 22.2 Å². The second kappa shape index (κ2) is 5.57. The van der Waals surface area contributed by atoms with Gasteiger partial charge in [0.15, 0.2) is 0 Å². The third-order valence-electron chi connectivity index (χ3n) is 2.61. The van der Waals surface area contributed by atoms with Crippen LogP contribution in [0.15, 0.2) is 48.7 Å². The van der Waals surface area contributed by atoms with E-state index in [1.165, 1.54) is 0 Å². The van der Waals surface area contributed by atoms with Gasteiger partial charge in [-0.05, 0) is 25.5 Å². The van der Waals surface area contributed by atoms with Gasteiger partial charge >= 0.3 is 0 Å². The lowest BCUT2D eigenvalue weighted by Crippen LogP contribution is -2.28. The SMILES string of the molecule is C=C(C)CC(NN)c1cnn(-c2ccccc2)n1. The predicted molar refractivity (Wildman–Crippen MR) is 70.9 cm³/mol. The van der Waals surface area contributed by atoms with Crippen LogP contribution in [0.5, 0.6) is 0 Å². The van der Waals surface area contributed by atoms with Crippen LogP contribution < -0.4 is 11.3 Å². The minimum absolute atomic E-state index is 0.0556. The predicted octanol–water partition coefficient (Wildman–Crippen LogP) is 1.74. The Morgan fingerprint density at radius 2 is 2.17 bits per heavy atom. The van der Waals surface area contributed by atoms with E-state index in [0.29, 0.717) is 0 Å². The highest BCUT2D eigenvalue weighted by Gasteiger charge is 2.14. The van der Waals surface area contributed by atoms with Crippen LogP contribution >= 0.6 is 0 Å². The Morgan fingerprint density at radius 3 is 2.78 bits per heavy atom. The minimum Gasteiger partial charge on any atom is -0.271 e. The Morgan fingerprint density at radius 1 is 1.44 bits per heavy atom. The maximum Gasteiger partial charge on any atom is 0.102 e. The van der Waals surface area contributed by atoms with Crippen LogP contribution in [-0.2, 0) is 0 Å². The standard InChI is InChI=1S/C13H17N5/c1-10(2)8-12(16-14)13-9-15-18(17-13)11-6-4-3-5-7-11/h3-7,9,12,16H,1,8,14H2,2H3. The first-order chi connectivity index (χ1) is 8.70. The van der Waals surface area contributed by atoms with Gasteiger partial charge in [-0.3, -0.25) is 11.3 Å². The fraction of sp³-hybridized carbons (Fsp3) is 0.231. The summed E-state index contributed by atoms with van der Waals surface area (Å²) in [5, 5.41) is 8.67. The zero-order chi connectivity index (χ0) is 13.0. The molecule has 5 heteroatoms. The van der Waals surface area contributed by atoms with E-state index >= 15 is 0 Å². The van der Waals surface area contributed by atoms with Crippen molar-refractivity contribution in [3.05, 3.63) is 54.4 Å². The Balaban J connectivity index is 2.22. The van der Waals surface area contributed by atoms with E-state index in [9.17, 15) is 0 Å². The Kier molecular flexibility index (Phi) is 3.86. The highest BCUT2D eigenvalue weighted by Crippen LogP contribution is 2.17. The van der Waals surface area contributed by atoms with Gasteiger partial charge in [0.2, 0.25) is 0 Å². The minimum atomic E-state index is -0.0556. The fourth-order valence-electron chi connectivity index (χ4n) is 1.72. The number of aromatic nitrogens is 3. The van der Waals surface area contributed by atoms with Gasteiger partial charge in [0.25, 0.3) is 0 Å². The Labute approximate surface area is 106 Å². The Hall–Kier alpha value is -1.98. The first kappa shape index (κ1) is 12.5. The van der Waals surface area contributed by atoms with E-state index in [1.54, 1.807) is 11.0 Å². The van der Waals surface area contributed by atoms with Gasteiger partial charge in [-0.1, -0.05) is 23.8 Å². The third-order valence-corrected chi connectivity index (χ3v) is 2.61. The van der Waals surface area contributed by atoms with Crippen LogP contribution in [0.1, 0.15) is 25.1 Å². The molecule has 0 aliphatic rings. The van der Waals surface area contributed by atoms with E-state index < -0.39 is 0 Å². The van der Waals surface area contributed by atoms with Gasteiger partial charge in [-0.25, -0.2) is 0 Å². The molecular formula is C13H17N5. The van der Waals surface area contributed by atoms with E-state index in [1.807, 2.05) is 37.3 Å². The number of hydrazine groups is 1. The molecule has 1 unspecified atom stereocenters. The van der Waals surface area contributed by atoms with Gasteiger partial charge in [-0.15, -0.1) is 6.58 Å². The summed E-state index contributed by atoms with van der Waals surface area (Å²) in [5.41, 5.74) is 5.52. The van der Waals surface area contributed by atoms with Gasteiger partial charge in [0.05, 0.1) is 17.9 Å². The molecule has 0 amide bonds. The maximum atomic E-state index is 5.53.